The molecule has 2 aliphatic rings. The van der Waals surface area contributed by atoms with Gasteiger partial charge in [-0.05, 0) is 114 Å². The number of anilines is 4. The van der Waals surface area contributed by atoms with E-state index < -0.39 is 5.97 Å². The van der Waals surface area contributed by atoms with Gasteiger partial charge >= 0.3 is 5.97 Å². The first-order chi connectivity index (χ1) is 20.1. The summed E-state index contributed by atoms with van der Waals surface area (Å²) in [7, 11) is 9.86. The van der Waals surface area contributed by atoms with Crippen molar-refractivity contribution in [2.24, 2.45) is 0 Å². The van der Waals surface area contributed by atoms with Crippen LogP contribution in [0.2, 0.25) is 0 Å². The van der Waals surface area contributed by atoms with E-state index >= 15 is 0 Å². The second kappa shape index (κ2) is 14.2. The number of nitrogens with one attached hydrogen (secondary N) is 1. The average molecular weight is 573 g/mol. The van der Waals surface area contributed by atoms with Crippen LogP contribution in [0.4, 0.5) is 22.7 Å². The van der Waals surface area contributed by atoms with E-state index in [1.54, 1.807) is 24.3 Å². The number of nitrogens with two attached hydrogens (primary N) is 1. The number of rotatable bonds is 7. The lowest BCUT2D eigenvalue weighted by atomic mass is 10.1. The third kappa shape index (κ3) is 8.02. The lowest BCUT2D eigenvalue weighted by molar-refractivity contribution is 0.0600. The van der Waals surface area contributed by atoms with Gasteiger partial charge in [-0.1, -0.05) is 0 Å². The van der Waals surface area contributed by atoms with Gasteiger partial charge in [0.1, 0.15) is 0 Å². The minimum absolute atomic E-state index is 0.215. The second-order valence-corrected chi connectivity index (χ2v) is 11.4. The smallest absolute Gasteiger partial charge is 0.337 e. The predicted octanol–water partition coefficient (Wildman–Crippen LogP) is 4.27. The van der Waals surface area contributed by atoms with Crippen molar-refractivity contribution in [3.05, 3.63) is 83.9 Å². The van der Waals surface area contributed by atoms with E-state index in [9.17, 15) is 9.59 Å². The first-order valence-corrected chi connectivity index (χ1v) is 14.4. The van der Waals surface area contributed by atoms with Crippen molar-refractivity contribution >= 4 is 34.6 Å². The van der Waals surface area contributed by atoms with Crippen LogP contribution in [0.5, 0.6) is 0 Å². The second-order valence-electron chi connectivity index (χ2n) is 11.4. The fourth-order valence-electron chi connectivity index (χ4n) is 5.32. The molecule has 0 aromatic heterocycles. The van der Waals surface area contributed by atoms with Crippen molar-refractivity contribution < 1.29 is 14.3 Å². The number of nitrogen functional groups attached to an aromatic ring is 1. The van der Waals surface area contributed by atoms with Gasteiger partial charge in [-0.25, -0.2) is 4.79 Å². The monoisotopic (exact) mass is 572 g/mol. The molecule has 1 amide bonds. The molecule has 2 heterocycles. The van der Waals surface area contributed by atoms with E-state index in [2.05, 4.69) is 70.0 Å². The number of carbonyl (C=O) groups is 2. The van der Waals surface area contributed by atoms with Gasteiger partial charge in [-0.3, -0.25) is 4.79 Å². The number of nitrogens with zero attached hydrogens (tertiary/aromatic N) is 4. The molecule has 2 aliphatic heterocycles. The van der Waals surface area contributed by atoms with Crippen LogP contribution in [-0.4, -0.2) is 95.2 Å². The summed E-state index contributed by atoms with van der Waals surface area (Å²) in [6.45, 7) is 4.33. The molecule has 2 unspecified atom stereocenters. The number of ether oxygens (including phenoxy) is 1. The first-order valence-electron chi connectivity index (χ1n) is 14.4. The first kappa shape index (κ1) is 30.9. The van der Waals surface area contributed by atoms with E-state index in [0.29, 0.717) is 23.2 Å². The largest absolute Gasteiger partial charge is 0.465 e. The Hall–Kier alpha value is -4.08. The van der Waals surface area contributed by atoms with Crippen molar-refractivity contribution in [1.29, 1.82) is 0 Å². The van der Waals surface area contributed by atoms with E-state index in [0.717, 1.165) is 44.0 Å². The summed E-state index contributed by atoms with van der Waals surface area (Å²) < 4.78 is 4.66. The molecule has 2 atom stereocenters. The number of benzene rings is 3. The fraction of sp³-hybridized carbons (Fsp3) is 0.394. The van der Waals surface area contributed by atoms with Crippen LogP contribution in [0.25, 0.3) is 0 Å². The summed E-state index contributed by atoms with van der Waals surface area (Å²) >= 11 is 0. The van der Waals surface area contributed by atoms with Crippen molar-refractivity contribution in [2.45, 2.75) is 24.9 Å². The molecule has 3 aromatic carbocycles. The average Bonchev–Trinajstić information content (AvgIpc) is 3.69. The molecule has 2 fully saturated rings. The minimum atomic E-state index is -0.420. The molecule has 0 bridgehead atoms. The normalized spacial score (nSPS) is 18.2. The molecular formula is C33H44N6O3. The van der Waals surface area contributed by atoms with Crippen LogP contribution in [-0.2, 0) is 4.74 Å². The van der Waals surface area contributed by atoms with Crippen molar-refractivity contribution in [1.82, 2.24) is 9.80 Å². The Morgan fingerprint density at radius 2 is 1.19 bits per heavy atom. The highest BCUT2D eigenvalue weighted by Crippen LogP contribution is 2.25. The third-order valence-corrected chi connectivity index (χ3v) is 8.10. The minimum Gasteiger partial charge on any atom is -0.465 e. The molecule has 9 heteroatoms. The Kier molecular flexibility index (Phi) is 10.4. The maximum Gasteiger partial charge on any atom is 0.337 e. The number of hydrogen-bond donors (Lipinski definition) is 2. The van der Waals surface area contributed by atoms with Gasteiger partial charge in [0, 0.05) is 66.6 Å². The maximum atomic E-state index is 12.4. The van der Waals surface area contributed by atoms with Crippen molar-refractivity contribution in [3.8, 4) is 0 Å². The Balaban J connectivity index is 0.000000227. The Bertz CT molecular complexity index is 1310. The van der Waals surface area contributed by atoms with Crippen LogP contribution < -0.4 is 20.9 Å². The molecule has 0 spiro atoms. The lowest BCUT2D eigenvalue weighted by Crippen LogP contribution is -2.31. The molecular weight excluding hydrogens is 528 g/mol. The highest BCUT2D eigenvalue weighted by Gasteiger charge is 2.25. The number of esters is 1. The SMILES string of the molecule is CN(C)C1CCN(c2ccc(N)cc2)C1.COC(=O)c1ccc(C(=O)Nc2ccc(N3CCC(N(C)C)C3)cc2)cc1. The fourth-order valence-corrected chi connectivity index (χ4v) is 5.32. The van der Waals surface area contributed by atoms with Gasteiger partial charge in [0.2, 0.25) is 0 Å². The van der Waals surface area contributed by atoms with Crippen molar-refractivity contribution in [2.75, 3.05) is 82.3 Å². The zero-order valence-electron chi connectivity index (χ0n) is 25.4. The molecule has 224 valence electrons. The molecule has 5 rings (SSSR count). The van der Waals surface area contributed by atoms with Gasteiger partial charge in [-0.2, -0.15) is 0 Å². The predicted molar refractivity (Wildman–Crippen MR) is 172 cm³/mol. The van der Waals surface area contributed by atoms with Crippen LogP contribution in [0, 0.1) is 0 Å². The van der Waals surface area contributed by atoms with Gasteiger partial charge in [0.15, 0.2) is 0 Å². The summed E-state index contributed by atoms with van der Waals surface area (Å²) in [6.07, 6.45) is 2.41. The van der Waals surface area contributed by atoms with E-state index in [1.165, 1.54) is 24.9 Å². The highest BCUT2D eigenvalue weighted by atomic mass is 16.5. The summed E-state index contributed by atoms with van der Waals surface area (Å²) in [4.78, 5) is 33.2. The van der Waals surface area contributed by atoms with Crippen molar-refractivity contribution in [3.63, 3.8) is 0 Å². The molecule has 0 saturated carbocycles. The van der Waals surface area contributed by atoms with Crippen LogP contribution in [0.15, 0.2) is 72.8 Å². The topological polar surface area (TPSA) is 94.4 Å². The van der Waals surface area contributed by atoms with Crippen LogP contribution in [0.3, 0.4) is 0 Å². The van der Waals surface area contributed by atoms with Crippen LogP contribution in [0.1, 0.15) is 33.6 Å². The van der Waals surface area contributed by atoms with Gasteiger partial charge in [0.05, 0.1) is 12.7 Å². The number of hydrogen-bond acceptors (Lipinski definition) is 8. The summed E-state index contributed by atoms with van der Waals surface area (Å²) in [6, 6.07) is 23.7. The summed E-state index contributed by atoms with van der Waals surface area (Å²) in [5.74, 6) is -0.635. The number of amides is 1. The molecule has 3 N–H and O–H groups in total. The zero-order valence-corrected chi connectivity index (χ0v) is 25.4. The highest BCUT2D eigenvalue weighted by molar-refractivity contribution is 6.04. The molecule has 42 heavy (non-hydrogen) atoms. The van der Waals surface area contributed by atoms with Crippen LogP contribution >= 0.6 is 0 Å². The molecule has 2 saturated heterocycles. The van der Waals surface area contributed by atoms with Gasteiger partial charge < -0.3 is 35.4 Å². The Morgan fingerprint density at radius 1 is 0.738 bits per heavy atom. The van der Waals surface area contributed by atoms with Gasteiger partial charge in [0.25, 0.3) is 5.91 Å². The van der Waals surface area contributed by atoms with Gasteiger partial charge in [-0.15, -0.1) is 0 Å². The van der Waals surface area contributed by atoms with E-state index in [4.69, 9.17) is 5.73 Å². The summed E-state index contributed by atoms with van der Waals surface area (Å²) in [5.41, 5.74) is 10.6. The molecule has 0 aliphatic carbocycles. The Morgan fingerprint density at radius 3 is 1.62 bits per heavy atom. The number of carbonyl (C=O) groups excluding carboxylic acids is 2. The van der Waals surface area contributed by atoms with E-state index in [1.807, 2.05) is 36.4 Å². The third-order valence-electron chi connectivity index (χ3n) is 8.10. The standard InChI is InChI=1S/C21H25N3O3.C12H19N3/c1-23(2)19-12-13-24(14-19)18-10-8-17(9-11-18)22-20(25)15-4-6-16(7-5-15)21(26)27-3;1-14(2)12-7-8-15(9-12)11-5-3-10(13)4-6-11/h4-11,19H,12-14H2,1-3H3,(H,22,25);3-6,12H,7-9,13H2,1-2H3. The Labute approximate surface area is 249 Å². The van der Waals surface area contributed by atoms with E-state index in [-0.39, 0.29) is 5.91 Å². The zero-order chi connectivity index (χ0) is 30.2. The number of likely N-dealkylation sites (N-methyl/N-ethyl adjacent to an activating group) is 2. The lowest BCUT2D eigenvalue weighted by Gasteiger charge is -2.22. The molecule has 3 aromatic rings. The quantitative estimate of drug-likeness (QED) is 0.320. The molecule has 9 nitrogen and oxygen atoms in total. The molecule has 0 radical (unpaired) electrons. The number of methoxy groups -OCH3 is 1. The summed E-state index contributed by atoms with van der Waals surface area (Å²) in [5, 5.41) is 2.88. The maximum absolute atomic E-state index is 12.4.